The Labute approximate surface area is 129 Å². The second kappa shape index (κ2) is 5.03. The second-order valence-electron chi connectivity index (χ2n) is 6.33. The van der Waals surface area contributed by atoms with Gasteiger partial charge in [-0.3, -0.25) is 0 Å². The Morgan fingerprint density at radius 1 is 0.955 bits per heavy atom. The Hall–Kier alpha value is -1.46. The summed E-state index contributed by atoms with van der Waals surface area (Å²) in [5, 5.41) is 2.41. The zero-order valence-corrected chi connectivity index (χ0v) is 13.0. The van der Waals surface area contributed by atoms with Crippen LogP contribution >= 0.6 is 0 Å². The smallest absolute Gasteiger partial charge is 0.187 e. The summed E-state index contributed by atoms with van der Waals surface area (Å²) in [7, 11) is 1.64. The van der Waals surface area contributed by atoms with Gasteiger partial charge < -0.3 is 18.9 Å². The van der Waals surface area contributed by atoms with Crippen molar-refractivity contribution in [3.05, 3.63) is 48.0 Å². The van der Waals surface area contributed by atoms with Gasteiger partial charge in [0.2, 0.25) is 0 Å². The third kappa shape index (κ3) is 2.23. The summed E-state index contributed by atoms with van der Waals surface area (Å²) in [4.78, 5) is 0. The number of benzene rings is 2. The number of hydrogen-bond donors (Lipinski definition) is 0. The molecule has 0 spiro atoms. The van der Waals surface area contributed by atoms with Gasteiger partial charge in [0.05, 0.1) is 0 Å². The largest absolute Gasteiger partial charge is 0.353 e. The van der Waals surface area contributed by atoms with Gasteiger partial charge in [-0.1, -0.05) is 36.4 Å². The molecule has 3 unspecified atom stereocenters. The lowest BCUT2D eigenvalue weighted by Gasteiger charge is -2.23. The van der Waals surface area contributed by atoms with Gasteiger partial charge in [0, 0.05) is 7.11 Å². The van der Waals surface area contributed by atoms with E-state index >= 15 is 0 Å². The van der Waals surface area contributed by atoms with Crippen molar-refractivity contribution >= 4 is 10.8 Å². The Morgan fingerprint density at radius 2 is 1.68 bits per heavy atom. The molecule has 0 amide bonds. The molecular weight excluding hydrogens is 280 g/mol. The molecule has 116 valence electrons. The molecule has 4 heteroatoms. The minimum atomic E-state index is -0.606. The van der Waals surface area contributed by atoms with Crippen LogP contribution in [-0.2, 0) is 18.9 Å². The Balaban J connectivity index is 1.71. The minimum absolute atomic E-state index is 0.152. The predicted octanol–water partition coefficient (Wildman–Crippen LogP) is 3.40. The van der Waals surface area contributed by atoms with Crippen LogP contribution < -0.4 is 0 Å². The summed E-state index contributed by atoms with van der Waals surface area (Å²) in [5.74, 6) is -0.606. The molecule has 0 aromatic heterocycles. The number of hydrogen-bond acceptors (Lipinski definition) is 4. The molecule has 2 heterocycles. The van der Waals surface area contributed by atoms with Gasteiger partial charge in [-0.15, -0.1) is 0 Å². The van der Waals surface area contributed by atoms with E-state index in [1.807, 2.05) is 26.0 Å². The van der Waals surface area contributed by atoms with Crippen molar-refractivity contribution in [2.45, 2.75) is 44.2 Å². The van der Waals surface area contributed by atoms with Gasteiger partial charge in [-0.2, -0.15) is 0 Å². The molecule has 0 N–H and O–H groups in total. The third-order valence-corrected chi connectivity index (χ3v) is 4.35. The van der Waals surface area contributed by atoms with E-state index in [9.17, 15) is 0 Å². The molecule has 0 bridgehead atoms. The van der Waals surface area contributed by atoms with Crippen LogP contribution in [0.5, 0.6) is 0 Å². The monoisotopic (exact) mass is 300 g/mol. The molecule has 2 aromatic rings. The molecule has 0 aliphatic carbocycles. The zero-order valence-electron chi connectivity index (χ0n) is 13.0. The molecule has 2 aromatic carbocycles. The molecule has 2 saturated heterocycles. The number of rotatable bonds is 2. The van der Waals surface area contributed by atoms with Gasteiger partial charge in [0.1, 0.15) is 18.3 Å². The van der Waals surface area contributed by atoms with Crippen LogP contribution in [0, 0.1) is 0 Å². The van der Waals surface area contributed by atoms with Gasteiger partial charge in [0.25, 0.3) is 0 Å². The van der Waals surface area contributed by atoms with Crippen LogP contribution in [0.1, 0.15) is 25.5 Å². The van der Waals surface area contributed by atoms with Gasteiger partial charge in [-0.05, 0) is 36.2 Å². The van der Waals surface area contributed by atoms with E-state index in [2.05, 4.69) is 30.3 Å². The van der Waals surface area contributed by atoms with Crippen LogP contribution in [0.2, 0.25) is 0 Å². The first-order valence-electron chi connectivity index (χ1n) is 7.60. The topological polar surface area (TPSA) is 36.9 Å². The highest BCUT2D eigenvalue weighted by molar-refractivity contribution is 5.83. The van der Waals surface area contributed by atoms with E-state index in [1.165, 1.54) is 10.8 Å². The normalized spacial score (nSPS) is 33.2. The molecule has 4 atom stereocenters. The fourth-order valence-corrected chi connectivity index (χ4v) is 3.40. The average molecular weight is 300 g/mol. The number of ether oxygens (including phenoxy) is 4. The van der Waals surface area contributed by atoms with E-state index in [0.717, 1.165) is 5.56 Å². The fraction of sp³-hybridized carbons (Fsp3) is 0.444. The van der Waals surface area contributed by atoms with E-state index in [1.54, 1.807) is 7.11 Å². The van der Waals surface area contributed by atoms with Gasteiger partial charge in [-0.25, -0.2) is 0 Å². The summed E-state index contributed by atoms with van der Waals surface area (Å²) < 4.78 is 23.5. The Morgan fingerprint density at radius 3 is 2.45 bits per heavy atom. The SMILES string of the molecule is COC1O[C@@H](c2ccc3ccccc3c2)C2OC(C)(C)OC12. The first-order valence-corrected chi connectivity index (χ1v) is 7.60. The summed E-state index contributed by atoms with van der Waals surface area (Å²) in [6.07, 6.45) is -0.929. The lowest BCUT2D eigenvalue weighted by atomic mass is 9.99. The van der Waals surface area contributed by atoms with E-state index in [0.29, 0.717) is 0 Å². The molecule has 0 radical (unpaired) electrons. The van der Waals surface area contributed by atoms with E-state index in [-0.39, 0.29) is 18.3 Å². The summed E-state index contributed by atoms with van der Waals surface area (Å²) in [6, 6.07) is 14.7. The second-order valence-corrected chi connectivity index (χ2v) is 6.33. The molecular formula is C18H20O4. The number of methoxy groups -OCH3 is 1. The van der Waals surface area contributed by atoms with Gasteiger partial charge in [0.15, 0.2) is 12.1 Å². The first kappa shape index (κ1) is 14.2. The fourth-order valence-electron chi connectivity index (χ4n) is 3.40. The van der Waals surface area contributed by atoms with Crippen LogP contribution in [0.25, 0.3) is 10.8 Å². The highest BCUT2D eigenvalue weighted by Gasteiger charge is 2.55. The van der Waals surface area contributed by atoms with Crippen LogP contribution in [0.15, 0.2) is 42.5 Å². The van der Waals surface area contributed by atoms with Crippen LogP contribution in [-0.4, -0.2) is 31.4 Å². The van der Waals surface area contributed by atoms with Crippen molar-refractivity contribution in [3.63, 3.8) is 0 Å². The van der Waals surface area contributed by atoms with Crippen molar-refractivity contribution in [1.82, 2.24) is 0 Å². The molecule has 2 aliphatic heterocycles. The summed E-state index contributed by atoms with van der Waals surface area (Å²) in [5.41, 5.74) is 1.09. The predicted molar refractivity (Wildman–Crippen MR) is 82.4 cm³/mol. The van der Waals surface area contributed by atoms with E-state index in [4.69, 9.17) is 18.9 Å². The molecule has 2 fully saturated rings. The molecule has 4 nitrogen and oxygen atoms in total. The Kier molecular flexibility index (Phi) is 3.24. The van der Waals surface area contributed by atoms with Crippen molar-refractivity contribution in [1.29, 1.82) is 0 Å². The number of fused-ring (bicyclic) bond motifs is 2. The summed E-state index contributed by atoms with van der Waals surface area (Å²) in [6.45, 7) is 3.85. The van der Waals surface area contributed by atoms with Crippen LogP contribution in [0.4, 0.5) is 0 Å². The highest BCUT2D eigenvalue weighted by atomic mass is 16.8. The molecule has 2 aliphatic rings. The molecule has 0 saturated carbocycles. The van der Waals surface area contributed by atoms with Gasteiger partial charge >= 0.3 is 0 Å². The maximum atomic E-state index is 6.06. The standard InChI is InChI=1S/C18H20O4/c1-18(2)21-15-14(20-17(19-3)16(15)22-18)13-9-8-11-6-4-5-7-12(11)10-13/h4-10,14-17H,1-3H3/t14-,15?,16?,17?/m0/s1. The minimum Gasteiger partial charge on any atom is -0.353 e. The quantitative estimate of drug-likeness (QED) is 0.852. The average Bonchev–Trinajstić information content (AvgIpc) is 2.99. The lowest BCUT2D eigenvalue weighted by molar-refractivity contribution is -0.228. The van der Waals surface area contributed by atoms with E-state index < -0.39 is 12.1 Å². The first-order chi connectivity index (χ1) is 10.6. The molecule has 4 rings (SSSR count). The highest BCUT2D eigenvalue weighted by Crippen LogP contribution is 2.45. The van der Waals surface area contributed by atoms with Crippen molar-refractivity contribution in [3.8, 4) is 0 Å². The molecule has 22 heavy (non-hydrogen) atoms. The maximum absolute atomic E-state index is 6.06. The van der Waals surface area contributed by atoms with Crippen molar-refractivity contribution in [2.24, 2.45) is 0 Å². The summed E-state index contributed by atoms with van der Waals surface area (Å²) >= 11 is 0. The lowest BCUT2D eigenvalue weighted by Crippen LogP contribution is -2.30. The van der Waals surface area contributed by atoms with Crippen LogP contribution in [0.3, 0.4) is 0 Å². The Bertz CT molecular complexity index is 696. The van der Waals surface area contributed by atoms with Crippen molar-refractivity contribution < 1.29 is 18.9 Å². The van der Waals surface area contributed by atoms with Crippen molar-refractivity contribution in [2.75, 3.05) is 7.11 Å². The zero-order chi connectivity index (χ0) is 15.3. The maximum Gasteiger partial charge on any atom is 0.187 e. The third-order valence-electron chi connectivity index (χ3n) is 4.35.